The van der Waals surface area contributed by atoms with Crippen LogP contribution in [0.5, 0.6) is 0 Å². The Labute approximate surface area is 224 Å². The van der Waals surface area contributed by atoms with Gasteiger partial charge in [-0.05, 0) is 42.7 Å². The van der Waals surface area contributed by atoms with E-state index in [0.29, 0.717) is 18.9 Å². The zero-order valence-electron chi connectivity index (χ0n) is 20.3. The number of sulfone groups is 1. The number of hydroxylamine groups is 2. The molecule has 39 heavy (non-hydrogen) atoms. The van der Waals surface area contributed by atoms with Gasteiger partial charge in [0.05, 0.1) is 38.9 Å². The van der Waals surface area contributed by atoms with Gasteiger partial charge in [0.2, 0.25) is 0 Å². The average Bonchev–Trinajstić information content (AvgIpc) is 2.86. The lowest BCUT2D eigenvalue weighted by Gasteiger charge is -2.39. The first-order valence-corrected chi connectivity index (χ1v) is 13.6. The van der Waals surface area contributed by atoms with E-state index in [9.17, 15) is 44.3 Å². The second-order valence-corrected chi connectivity index (χ2v) is 11.3. The Morgan fingerprint density at radius 2 is 1.77 bits per heavy atom. The van der Waals surface area contributed by atoms with E-state index in [4.69, 9.17) is 11.6 Å². The van der Waals surface area contributed by atoms with Gasteiger partial charge >= 0.3 is 18.3 Å². The molecule has 7 nitrogen and oxygen atoms in total. The van der Waals surface area contributed by atoms with Crippen LogP contribution in [0, 0.1) is 0 Å². The highest BCUT2D eigenvalue weighted by molar-refractivity contribution is 7.91. The molecule has 0 bridgehead atoms. The van der Waals surface area contributed by atoms with Crippen LogP contribution in [-0.4, -0.2) is 49.9 Å². The summed E-state index contributed by atoms with van der Waals surface area (Å²) in [4.78, 5) is 29.3. The number of benzene rings is 2. The molecule has 0 radical (unpaired) electrons. The Morgan fingerprint density at radius 3 is 2.38 bits per heavy atom. The molecule has 1 aliphatic rings. The van der Waals surface area contributed by atoms with Crippen molar-refractivity contribution in [3.05, 3.63) is 64.2 Å². The van der Waals surface area contributed by atoms with Crippen molar-refractivity contribution in [3.63, 3.8) is 0 Å². The summed E-state index contributed by atoms with van der Waals surface area (Å²) in [5, 5.41) is 2.33. The van der Waals surface area contributed by atoms with Gasteiger partial charge in [0.1, 0.15) is 0 Å². The van der Waals surface area contributed by atoms with Crippen molar-refractivity contribution in [3.8, 4) is 0 Å². The van der Waals surface area contributed by atoms with Crippen molar-refractivity contribution in [2.75, 3.05) is 12.3 Å². The van der Waals surface area contributed by atoms with Gasteiger partial charge in [0.25, 0.3) is 5.91 Å². The summed E-state index contributed by atoms with van der Waals surface area (Å²) in [6.45, 7) is 1.26. The molecule has 2 aromatic carbocycles. The molecule has 0 spiro atoms. The summed E-state index contributed by atoms with van der Waals surface area (Å²) in [7, 11) is -3.75. The summed E-state index contributed by atoms with van der Waals surface area (Å²) < 4.78 is 104. The maximum Gasteiger partial charge on any atom is 0.492 e. The minimum absolute atomic E-state index is 0.0944. The Balaban J connectivity index is 2.08. The van der Waals surface area contributed by atoms with Gasteiger partial charge in [-0.3, -0.25) is 4.79 Å². The van der Waals surface area contributed by atoms with Crippen molar-refractivity contribution >= 4 is 33.3 Å². The number of nitrogens with one attached hydrogen (secondary N) is 1. The van der Waals surface area contributed by atoms with E-state index in [-0.39, 0.29) is 29.2 Å². The molecule has 3 rings (SSSR count). The number of carbonyl (C=O) groups is 2. The maximum atomic E-state index is 13.3. The smallest absolute Gasteiger partial charge is 0.360 e. The van der Waals surface area contributed by atoms with Crippen LogP contribution < -0.4 is 5.32 Å². The third-order valence-corrected chi connectivity index (χ3v) is 8.25. The predicted molar refractivity (Wildman–Crippen MR) is 127 cm³/mol. The largest absolute Gasteiger partial charge is 0.492 e. The third-order valence-electron chi connectivity index (χ3n) is 6.11. The van der Waals surface area contributed by atoms with Crippen LogP contribution >= 0.6 is 11.6 Å². The number of nitrogens with zero attached hydrogens (tertiary/aromatic N) is 1. The molecule has 1 amide bonds. The van der Waals surface area contributed by atoms with E-state index in [1.165, 1.54) is 31.2 Å². The predicted octanol–water partition coefficient (Wildman–Crippen LogP) is 5.50. The molecule has 1 N–H and O–H groups in total. The molecular formula is C24H23ClF6N2O5S. The number of amides is 1. The first-order chi connectivity index (χ1) is 18.1. The fourth-order valence-electron chi connectivity index (χ4n) is 4.15. The fraction of sp³-hybridized carbons (Fsp3) is 0.417. The number of carbonyl (C=O) groups excluding carboxylic acids is 2. The summed E-state index contributed by atoms with van der Waals surface area (Å²) >= 11 is 5.89. The van der Waals surface area contributed by atoms with Gasteiger partial charge in [-0.1, -0.05) is 43.1 Å². The molecule has 0 aliphatic carbocycles. The molecule has 2 unspecified atom stereocenters. The van der Waals surface area contributed by atoms with Crippen LogP contribution in [0.3, 0.4) is 0 Å². The van der Waals surface area contributed by atoms with E-state index in [1.807, 2.05) is 0 Å². The third kappa shape index (κ3) is 7.22. The highest BCUT2D eigenvalue weighted by Gasteiger charge is 2.45. The zero-order valence-corrected chi connectivity index (χ0v) is 21.8. The Morgan fingerprint density at radius 1 is 1.10 bits per heavy atom. The summed E-state index contributed by atoms with van der Waals surface area (Å²) in [6.07, 6.45) is -9.32. The van der Waals surface area contributed by atoms with Crippen molar-refractivity contribution in [2.45, 2.75) is 55.5 Å². The molecule has 15 heteroatoms. The molecule has 0 saturated carbocycles. The molecule has 1 saturated heterocycles. The van der Waals surface area contributed by atoms with Crippen LogP contribution in [0.4, 0.5) is 26.3 Å². The molecule has 0 aromatic heterocycles. The van der Waals surface area contributed by atoms with Crippen LogP contribution in [0.15, 0.2) is 47.4 Å². The summed E-state index contributed by atoms with van der Waals surface area (Å²) in [6, 6.07) is 5.47. The molecule has 1 fully saturated rings. The van der Waals surface area contributed by atoms with Crippen molar-refractivity contribution in [2.24, 2.45) is 0 Å². The number of rotatable bonds is 7. The number of alkyl halides is 6. The monoisotopic (exact) mass is 600 g/mol. The van der Waals surface area contributed by atoms with E-state index in [2.05, 4.69) is 10.2 Å². The minimum Gasteiger partial charge on any atom is -0.360 e. The van der Waals surface area contributed by atoms with Gasteiger partial charge < -0.3 is 10.2 Å². The van der Waals surface area contributed by atoms with Gasteiger partial charge in [0, 0.05) is 6.54 Å². The number of halogens is 7. The van der Waals surface area contributed by atoms with E-state index >= 15 is 0 Å². The lowest BCUT2D eigenvalue weighted by molar-refractivity contribution is -0.252. The standard InChI is InChI=1S/C24H23ClF6N2O5S/c1-2-39(36,37)15-8-5-7-14(13-15)20(18-11-3-4-12-33(18)38-22(35)24(29,30)31)32-21(34)16-9-6-10-17(19(16)25)23(26,27)28/h5-10,13,18,20H,2-4,11-12H2,1H3,(H,32,34). The number of hydrogen-bond acceptors (Lipinski definition) is 6. The number of piperidine rings is 1. The highest BCUT2D eigenvalue weighted by atomic mass is 35.5. The second-order valence-electron chi connectivity index (χ2n) is 8.67. The zero-order chi connectivity index (χ0) is 29.2. The Hall–Kier alpha value is -2.84. The van der Waals surface area contributed by atoms with E-state index in [1.54, 1.807) is 0 Å². The second kappa shape index (κ2) is 11.7. The van der Waals surface area contributed by atoms with E-state index in [0.717, 1.165) is 17.2 Å². The normalized spacial score (nSPS) is 17.9. The Kier molecular flexibility index (Phi) is 9.23. The lowest BCUT2D eigenvalue weighted by atomic mass is 9.91. The topological polar surface area (TPSA) is 92.8 Å². The van der Waals surface area contributed by atoms with Crippen LogP contribution in [0.25, 0.3) is 0 Å². The molecule has 1 heterocycles. The lowest BCUT2D eigenvalue weighted by Crippen LogP contribution is -2.50. The van der Waals surface area contributed by atoms with Crippen molar-refractivity contribution < 1.29 is 49.2 Å². The van der Waals surface area contributed by atoms with Crippen molar-refractivity contribution in [1.29, 1.82) is 0 Å². The fourth-order valence-corrected chi connectivity index (χ4v) is 5.40. The Bertz CT molecular complexity index is 1330. The molecule has 2 atom stereocenters. The van der Waals surface area contributed by atoms with Gasteiger partial charge in [0.15, 0.2) is 9.84 Å². The van der Waals surface area contributed by atoms with E-state index < -0.39 is 62.3 Å². The molecule has 214 valence electrons. The summed E-state index contributed by atoms with van der Waals surface area (Å²) in [5.74, 6) is -3.87. The highest BCUT2D eigenvalue weighted by Crippen LogP contribution is 2.37. The summed E-state index contributed by atoms with van der Waals surface area (Å²) in [5.41, 5.74) is -1.73. The maximum absolute atomic E-state index is 13.3. The first kappa shape index (κ1) is 30.7. The average molecular weight is 601 g/mol. The quantitative estimate of drug-likeness (QED) is 0.422. The molecule has 1 aliphatic heterocycles. The van der Waals surface area contributed by atoms with Gasteiger partial charge in [-0.15, -0.1) is 5.06 Å². The van der Waals surface area contributed by atoms with Gasteiger partial charge in [-0.25, -0.2) is 13.2 Å². The first-order valence-electron chi connectivity index (χ1n) is 11.6. The minimum atomic E-state index is -5.32. The van der Waals surface area contributed by atoms with Crippen LogP contribution in [-0.2, 0) is 25.6 Å². The van der Waals surface area contributed by atoms with Gasteiger partial charge in [-0.2, -0.15) is 26.3 Å². The van der Waals surface area contributed by atoms with Crippen LogP contribution in [0.1, 0.15) is 53.7 Å². The molecule has 2 aromatic rings. The number of hydrogen-bond donors (Lipinski definition) is 1. The SMILES string of the molecule is CCS(=O)(=O)c1cccc(C(NC(=O)c2cccc(C(F)(F)F)c2Cl)C2CCCCN2OC(=O)C(F)(F)F)c1. The van der Waals surface area contributed by atoms with Crippen LogP contribution in [0.2, 0.25) is 5.02 Å². The van der Waals surface area contributed by atoms with Crippen molar-refractivity contribution in [1.82, 2.24) is 10.4 Å². The molecular weight excluding hydrogens is 578 g/mol.